The molecular weight excluding hydrogens is 257 g/mol. The van der Waals surface area contributed by atoms with Crippen LogP contribution in [-0.4, -0.2) is 0 Å². The summed E-state index contributed by atoms with van der Waals surface area (Å²) in [7, 11) is 0. The molecule has 0 saturated heterocycles. The van der Waals surface area contributed by atoms with Crippen molar-refractivity contribution in [3.05, 3.63) is 58.0 Å². The zero-order valence-corrected chi connectivity index (χ0v) is 10.9. The Kier molecular flexibility index (Phi) is 4.11. The van der Waals surface area contributed by atoms with Gasteiger partial charge in [0, 0.05) is 6.54 Å². The number of hydrogen-bond donors (Lipinski definition) is 1. The number of benzene rings is 1. The van der Waals surface area contributed by atoms with Gasteiger partial charge >= 0.3 is 0 Å². The first kappa shape index (κ1) is 12.5. The van der Waals surface area contributed by atoms with Crippen LogP contribution in [0.3, 0.4) is 0 Å². The third-order valence-corrected chi connectivity index (χ3v) is 3.46. The summed E-state index contributed by atoms with van der Waals surface area (Å²) in [6.07, 6.45) is 1.67. The molecule has 1 heterocycles. The van der Waals surface area contributed by atoms with Gasteiger partial charge in [-0.3, -0.25) is 0 Å². The molecule has 1 aromatic carbocycles. The van der Waals surface area contributed by atoms with Gasteiger partial charge in [0.2, 0.25) is 0 Å². The molecule has 2 rings (SSSR count). The molecule has 0 fully saturated rings. The number of rotatable bonds is 4. The van der Waals surface area contributed by atoms with E-state index in [1.165, 1.54) is 0 Å². The Morgan fingerprint density at radius 2 is 2.06 bits per heavy atom. The van der Waals surface area contributed by atoms with Crippen molar-refractivity contribution in [1.82, 2.24) is 5.32 Å². The summed E-state index contributed by atoms with van der Waals surface area (Å²) in [4.78, 5) is 0. The largest absolute Gasteiger partial charge is 0.468 e. The molecule has 0 aliphatic carbocycles. The molecule has 0 amide bonds. The Balaban J connectivity index is 2.00. The highest BCUT2D eigenvalue weighted by Gasteiger charge is 2.09. The Morgan fingerprint density at radius 3 is 2.76 bits per heavy atom. The van der Waals surface area contributed by atoms with Gasteiger partial charge in [-0.1, -0.05) is 35.3 Å². The van der Waals surface area contributed by atoms with Crippen LogP contribution in [0, 0.1) is 0 Å². The van der Waals surface area contributed by atoms with Gasteiger partial charge in [0.15, 0.2) is 0 Å². The fraction of sp³-hybridized carbons (Fsp3) is 0.231. The van der Waals surface area contributed by atoms with E-state index in [-0.39, 0.29) is 6.04 Å². The van der Waals surface area contributed by atoms with Crippen molar-refractivity contribution in [3.63, 3.8) is 0 Å². The lowest BCUT2D eigenvalue weighted by molar-refractivity contribution is 0.430. The van der Waals surface area contributed by atoms with Crippen molar-refractivity contribution in [1.29, 1.82) is 0 Å². The average Bonchev–Trinajstić information content (AvgIpc) is 2.84. The Bertz CT molecular complexity index is 482. The molecule has 2 nitrogen and oxygen atoms in total. The van der Waals surface area contributed by atoms with E-state index in [0.29, 0.717) is 16.6 Å². The van der Waals surface area contributed by atoms with Crippen molar-refractivity contribution in [2.45, 2.75) is 19.5 Å². The van der Waals surface area contributed by atoms with Crippen LogP contribution < -0.4 is 5.32 Å². The minimum absolute atomic E-state index is 0.139. The van der Waals surface area contributed by atoms with Crippen molar-refractivity contribution < 1.29 is 4.42 Å². The minimum Gasteiger partial charge on any atom is -0.468 e. The van der Waals surface area contributed by atoms with Gasteiger partial charge in [0.25, 0.3) is 0 Å². The highest BCUT2D eigenvalue weighted by Crippen LogP contribution is 2.26. The molecule has 1 atom stereocenters. The van der Waals surface area contributed by atoms with Crippen LogP contribution in [0.2, 0.25) is 10.0 Å². The summed E-state index contributed by atoms with van der Waals surface area (Å²) in [5.74, 6) is 0.906. The topological polar surface area (TPSA) is 25.2 Å². The molecule has 0 unspecified atom stereocenters. The van der Waals surface area contributed by atoms with Gasteiger partial charge in [0.05, 0.1) is 22.4 Å². The molecule has 0 bridgehead atoms. The van der Waals surface area contributed by atoms with Gasteiger partial charge in [-0.15, -0.1) is 0 Å². The van der Waals surface area contributed by atoms with Crippen LogP contribution >= 0.6 is 23.2 Å². The zero-order valence-electron chi connectivity index (χ0n) is 9.41. The first-order valence-corrected chi connectivity index (χ1v) is 6.13. The van der Waals surface area contributed by atoms with E-state index in [1.807, 2.05) is 31.2 Å². The quantitative estimate of drug-likeness (QED) is 0.888. The molecule has 0 spiro atoms. The van der Waals surface area contributed by atoms with E-state index in [4.69, 9.17) is 27.6 Å². The first-order chi connectivity index (χ1) is 8.18. The van der Waals surface area contributed by atoms with Crippen molar-refractivity contribution in [2.75, 3.05) is 0 Å². The van der Waals surface area contributed by atoms with Crippen molar-refractivity contribution >= 4 is 23.2 Å². The van der Waals surface area contributed by atoms with Crippen LogP contribution in [0.5, 0.6) is 0 Å². The Labute approximate surface area is 111 Å². The number of furan rings is 1. The fourth-order valence-corrected chi connectivity index (χ4v) is 1.97. The smallest absolute Gasteiger partial charge is 0.120 e. The third kappa shape index (κ3) is 3.03. The minimum atomic E-state index is 0.139. The second kappa shape index (κ2) is 5.58. The average molecular weight is 270 g/mol. The summed E-state index contributed by atoms with van der Waals surface area (Å²) in [5, 5.41) is 4.52. The predicted octanol–water partition coefficient (Wildman–Crippen LogP) is 4.44. The van der Waals surface area contributed by atoms with E-state index in [2.05, 4.69) is 5.32 Å². The van der Waals surface area contributed by atoms with Gasteiger partial charge in [-0.05, 0) is 30.7 Å². The highest BCUT2D eigenvalue weighted by molar-refractivity contribution is 6.42. The van der Waals surface area contributed by atoms with Crippen LogP contribution in [0.4, 0.5) is 0 Å². The SMILES string of the molecule is C[C@H](NCc1cccc(Cl)c1Cl)c1ccco1. The monoisotopic (exact) mass is 269 g/mol. The Hall–Kier alpha value is -0.960. The molecule has 4 heteroatoms. The summed E-state index contributed by atoms with van der Waals surface area (Å²) in [6.45, 7) is 2.69. The number of halogens is 2. The second-order valence-corrected chi connectivity index (χ2v) is 4.62. The fourth-order valence-electron chi connectivity index (χ4n) is 1.59. The molecule has 0 saturated carbocycles. The number of hydrogen-bond acceptors (Lipinski definition) is 2. The number of nitrogens with one attached hydrogen (secondary N) is 1. The molecular formula is C13H13Cl2NO. The van der Waals surface area contributed by atoms with E-state index in [9.17, 15) is 0 Å². The lowest BCUT2D eigenvalue weighted by Crippen LogP contribution is -2.17. The zero-order chi connectivity index (χ0) is 12.3. The lowest BCUT2D eigenvalue weighted by atomic mass is 10.2. The van der Waals surface area contributed by atoms with E-state index < -0.39 is 0 Å². The van der Waals surface area contributed by atoms with E-state index in [0.717, 1.165) is 11.3 Å². The van der Waals surface area contributed by atoms with Crippen molar-refractivity contribution in [2.24, 2.45) is 0 Å². The highest BCUT2D eigenvalue weighted by atomic mass is 35.5. The molecule has 1 N–H and O–H groups in total. The molecule has 0 aliphatic rings. The maximum Gasteiger partial charge on any atom is 0.120 e. The third-order valence-electron chi connectivity index (χ3n) is 2.60. The summed E-state index contributed by atoms with van der Waals surface area (Å²) in [5.41, 5.74) is 0.984. The second-order valence-electron chi connectivity index (χ2n) is 3.83. The van der Waals surface area contributed by atoms with Crippen molar-refractivity contribution in [3.8, 4) is 0 Å². The van der Waals surface area contributed by atoms with Gasteiger partial charge in [0.1, 0.15) is 5.76 Å². The van der Waals surface area contributed by atoms with E-state index >= 15 is 0 Å². The maximum absolute atomic E-state index is 6.11. The van der Waals surface area contributed by atoms with Crippen LogP contribution in [0.1, 0.15) is 24.3 Å². The molecule has 0 radical (unpaired) electrons. The molecule has 17 heavy (non-hydrogen) atoms. The summed E-state index contributed by atoms with van der Waals surface area (Å²) >= 11 is 12.1. The predicted molar refractivity (Wildman–Crippen MR) is 70.4 cm³/mol. The van der Waals surface area contributed by atoms with Gasteiger partial charge < -0.3 is 9.73 Å². The molecule has 0 aliphatic heterocycles. The van der Waals surface area contributed by atoms with Gasteiger partial charge in [-0.25, -0.2) is 0 Å². The van der Waals surface area contributed by atoms with Gasteiger partial charge in [-0.2, -0.15) is 0 Å². The molecule has 1 aromatic heterocycles. The first-order valence-electron chi connectivity index (χ1n) is 5.38. The normalized spacial score (nSPS) is 12.6. The van der Waals surface area contributed by atoms with Crippen LogP contribution in [0.25, 0.3) is 0 Å². The molecule has 90 valence electrons. The summed E-state index contributed by atoms with van der Waals surface area (Å²) < 4.78 is 5.32. The molecule has 2 aromatic rings. The van der Waals surface area contributed by atoms with E-state index in [1.54, 1.807) is 12.3 Å². The van der Waals surface area contributed by atoms with Crippen LogP contribution in [0.15, 0.2) is 41.0 Å². The lowest BCUT2D eigenvalue weighted by Gasteiger charge is -2.12. The standard InChI is InChI=1S/C13H13Cl2NO/c1-9(12-6-3-7-17-12)16-8-10-4-2-5-11(14)13(10)15/h2-7,9,16H,8H2,1H3/t9-/m0/s1. The maximum atomic E-state index is 6.11. The Morgan fingerprint density at radius 1 is 1.24 bits per heavy atom. The van der Waals surface area contributed by atoms with Crippen LogP contribution in [-0.2, 0) is 6.54 Å². The summed E-state index contributed by atoms with van der Waals surface area (Å²) in [6, 6.07) is 9.58.